The second-order valence-corrected chi connectivity index (χ2v) is 4.31. The first kappa shape index (κ1) is 13.0. The van der Waals surface area contributed by atoms with Crippen LogP contribution < -0.4 is 5.32 Å². The molecule has 2 N–H and O–H groups in total. The van der Waals surface area contributed by atoms with Crippen LogP contribution in [0.1, 0.15) is 18.8 Å². The van der Waals surface area contributed by atoms with Crippen molar-refractivity contribution in [3.63, 3.8) is 0 Å². The Morgan fingerprint density at radius 1 is 1.75 bits per heavy atom. The number of aromatic nitrogens is 3. The minimum absolute atomic E-state index is 0.00926. The van der Waals surface area contributed by atoms with E-state index in [1.54, 1.807) is 18.9 Å². The standard InChI is InChI=1S/C9H16N4O2S/c1-7(9-10-6-11-13-9)12-8(14)5-16-4-3-15-2/h6-7H,3-5H2,1-2H3,(H,12,14)(H,10,11,13). The summed E-state index contributed by atoms with van der Waals surface area (Å²) in [7, 11) is 1.65. The van der Waals surface area contributed by atoms with Gasteiger partial charge in [-0.15, -0.1) is 11.8 Å². The van der Waals surface area contributed by atoms with Crippen LogP contribution in [0.25, 0.3) is 0 Å². The number of hydrogen-bond acceptors (Lipinski definition) is 5. The Bertz CT molecular complexity index is 304. The molecule has 0 saturated carbocycles. The van der Waals surface area contributed by atoms with E-state index in [0.717, 1.165) is 5.75 Å². The summed E-state index contributed by atoms with van der Waals surface area (Å²) >= 11 is 1.54. The van der Waals surface area contributed by atoms with Gasteiger partial charge in [-0.05, 0) is 6.92 Å². The monoisotopic (exact) mass is 244 g/mol. The van der Waals surface area contributed by atoms with Crippen LogP contribution in [0.5, 0.6) is 0 Å². The molecule has 0 saturated heterocycles. The molecule has 0 bridgehead atoms. The molecule has 0 aliphatic heterocycles. The molecule has 1 aromatic heterocycles. The van der Waals surface area contributed by atoms with E-state index in [9.17, 15) is 4.79 Å². The van der Waals surface area contributed by atoms with Gasteiger partial charge in [0.05, 0.1) is 18.4 Å². The second kappa shape index (κ2) is 7.24. The molecule has 16 heavy (non-hydrogen) atoms. The lowest BCUT2D eigenvalue weighted by Crippen LogP contribution is -2.29. The van der Waals surface area contributed by atoms with Gasteiger partial charge < -0.3 is 10.1 Å². The normalized spacial score (nSPS) is 12.4. The Morgan fingerprint density at radius 3 is 3.19 bits per heavy atom. The van der Waals surface area contributed by atoms with E-state index in [2.05, 4.69) is 20.5 Å². The summed E-state index contributed by atoms with van der Waals surface area (Å²) in [5, 5.41) is 9.27. The van der Waals surface area contributed by atoms with Crippen molar-refractivity contribution >= 4 is 17.7 Å². The van der Waals surface area contributed by atoms with Gasteiger partial charge in [0.1, 0.15) is 12.2 Å². The second-order valence-electron chi connectivity index (χ2n) is 3.21. The van der Waals surface area contributed by atoms with E-state index in [-0.39, 0.29) is 11.9 Å². The van der Waals surface area contributed by atoms with E-state index in [0.29, 0.717) is 18.2 Å². The third kappa shape index (κ3) is 4.63. The van der Waals surface area contributed by atoms with Crippen LogP contribution in [-0.4, -0.2) is 46.3 Å². The molecule has 1 amide bonds. The molecular formula is C9H16N4O2S. The van der Waals surface area contributed by atoms with Crippen molar-refractivity contribution in [3.05, 3.63) is 12.2 Å². The van der Waals surface area contributed by atoms with Gasteiger partial charge in [0.25, 0.3) is 0 Å². The van der Waals surface area contributed by atoms with Crippen molar-refractivity contribution in [1.82, 2.24) is 20.5 Å². The number of H-pyrrole nitrogens is 1. The smallest absolute Gasteiger partial charge is 0.230 e. The van der Waals surface area contributed by atoms with Gasteiger partial charge in [-0.1, -0.05) is 0 Å². The summed E-state index contributed by atoms with van der Waals surface area (Å²) in [6.07, 6.45) is 1.42. The molecule has 0 aliphatic rings. The first-order chi connectivity index (χ1) is 7.74. The predicted molar refractivity (Wildman–Crippen MR) is 62.1 cm³/mol. The molecule has 1 unspecified atom stereocenters. The first-order valence-electron chi connectivity index (χ1n) is 4.95. The van der Waals surface area contributed by atoms with Crippen LogP contribution in [0.2, 0.25) is 0 Å². The maximum atomic E-state index is 11.5. The number of carbonyl (C=O) groups excluding carboxylic acids is 1. The maximum Gasteiger partial charge on any atom is 0.230 e. The number of amides is 1. The summed E-state index contributed by atoms with van der Waals surface area (Å²) < 4.78 is 4.89. The molecule has 6 nitrogen and oxygen atoms in total. The number of methoxy groups -OCH3 is 1. The van der Waals surface area contributed by atoms with Gasteiger partial charge in [-0.2, -0.15) is 5.10 Å². The molecule has 0 aromatic carbocycles. The summed E-state index contributed by atoms with van der Waals surface area (Å²) in [5.41, 5.74) is 0. The summed E-state index contributed by atoms with van der Waals surface area (Å²) in [5.74, 6) is 1.91. The number of nitrogens with zero attached hydrogens (tertiary/aromatic N) is 2. The third-order valence-corrected chi connectivity index (χ3v) is 2.81. The Hall–Kier alpha value is -1.08. The maximum absolute atomic E-state index is 11.5. The largest absolute Gasteiger partial charge is 0.384 e. The molecular weight excluding hydrogens is 228 g/mol. The van der Waals surface area contributed by atoms with Gasteiger partial charge in [0, 0.05) is 12.9 Å². The van der Waals surface area contributed by atoms with Gasteiger partial charge in [-0.25, -0.2) is 4.98 Å². The molecule has 1 rings (SSSR count). The molecule has 0 radical (unpaired) electrons. The molecule has 90 valence electrons. The van der Waals surface area contributed by atoms with Crippen molar-refractivity contribution in [2.75, 3.05) is 25.2 Å². The van der Waals surface area contributed by atoms with Crippen LogP contribution in [-0.2, 0) is 9.53 Å². The zero-order chi connectivity index (χ0) is 11.8. The highest BCUT2D eigenvalue weighted by Crippen LogP contribution is 2.05. The summed E-state index contributed by atoms with van der Waals surface area (Å²) in [6, 6.07) is -0.141. The molecule has 0 spiro atoms. The molecule has 0 aliphatic carbocycles. The van der Waals surface area contributed by atoms with Crippen LogP contribution in [0.4, 0.5) is 0 Å². The van der Waals surface area contributed by atoms with Crippen LogP contribution >= 0.6 is 11.8 Å². The van der Waals surface area contributed by atoms with Gasteiger partial charge in [0.15, 0.2) is 0 Å². The number of thioether (sulfide) groups is 1. The van der Waals surface area contributed by atoms with Crippen molar-refractivity contribution < 1.29 is 9.53 Å². The number of rotatable bonds is 7. The lowest BCUT2D eigenvalue weighted by molar-refractivity contribution is -0.119. The Morgan fingerprint density at radius 2 is 2.56 bits per heavy atom. The van der Waals surface area contributed by atoms with E-state index >= 15 is 0 Å². The number of ether oxygens (including phenoxy) is 1. The Labute approximate surface area is 98.6 Å². The van der Waals surface area contributed by atoms with Crippen molar-refractivity contribution in [2.45, 2.75) is 13.0 Å². The Balaban J connectivity index is 2.19. The summed E-state index contributed by atoms with van der Waals surface area (Å²) in [6.45, 7) is 2.52. The average molecular weight is 244 g/mol. The fourth-order valence-electron chi connectivity index (χ4n) is 1.08. The molecule has 1 heterocycles. The van der Waals surface area contributed by atoms with Crippen LogP contribution in [0.15, 0.2) is 6.33 Å². The number of aromatic amines is 1. The topological polar surface area (TPSA) is 79.9 Å². The average Bonchev–Trinajstić information content (AvgIpc) is 2.77. The van der Waals surface area contributed by atoms with Gasteiger partial charge in [0.2, 0.25) is 5.91 Å². The van der Waals surface area contributed by atoms with Crippen molar-refractivity contribution in [3.8, 4) is 0 Å². The molecule has 1 aromatic rings. The van der Waals surface area contributed by atoms with Crippen molar-refractivity contribution in [2.24, 2.45) is 0 Å². The number of nitrogens with one attached hydrogen (secondary N) is 2. The van der Waals surface area contributed by atoms with Crippen molar-refractivity contribution in [1.29, 1.82) is 0 Å². The zero-order valence-electron chi connectivity index (χ0n) is 9.40. The molecule has 7 heteroatoms. The first-order valence-corrected chi connectivity index (χ1v) is 6.10. The SMILES string of the molecule is COCCSCC(=O)NC(C)c1ncn[nH]1. The Kier molecular flexibility index (Phi) is 5.87. The van der Waals surface area contributed by atoms with E-state index < -0.39 is 0 Å². The highest BCUT2D eigenvalue weighted by molar-refractivity contribution is 7.99. The third-order valence-electron chi connectivity index (χ3n) is 1.89. The fraction of sp³-hybridized carbons (Fsp3) is 0.667. The van der Waals surface area contributed by atoms with E-state index in [1.807, 2.05) is 6.92 Å². The van der Waals surface area contributed by atoms with Crippen LogP contribution in [0, 0.1) is 0 Å². The molecule has 1 atom stereocenters. The zero-order valence-corrected chi connectivity index (χ0v) is 10.2. The van der Waals surface area contributed by atoms with E-state index in [1.165, 1.54) is 6.33 Å². The lowest BCUT2D eigenvalue weighted by atomic mass is 10.3. The van der Waals surface area contributed by atoms with Gasteiger partial charge in [-0.3, -0.25) is 9.89 Å². The lowest BCUT2D eigenvalue weighted by Gasteiger charge is -2.10. The number of hydrogen-bond donors (Lipinski definition) is 2. The minimum Gasteiger partial charge on any atom is -0.384 e. The van der Waals surface area contributed by atoms with Gasteiger partial charge >= 0.3 is 0 Å². The summed E-state index contributed by atoms with van der Waals surface area (Å²) in [4.78, 5) is 15.4. The minimum atomic E-state index is -0.141. The number of carbonyl (C=O) groups is 1. The van der Waals surface area contributed by atoms with E-state index in [4.69, 9.17) is 4.74 Å². The fourth-order valence-corrected chi connectivity index (χ4v) is 1.78. The highest BCUT2D eigenvalue weighted by atomic mass is 32.2. The highest BCUT2D eigenvalue weighted by Gasteiger charge is 2.11. The predicted octanol–water partition coefficient (Wildman–Crippen LogP) is 0.361. The molecule has 0 fully saturated rings. The van der Waals surface area contributed by atoms with Crippen LogP contribution in [0.3, 0.4) is 0 Å². The quantitative estimate of drug-likeness (QED) is 0.677.